The van der Waals surface area contributed by atoms with Crippen LogP contribution in [0.25, 0.3) is 0 Å². The molecule has 0 aliphatic heterocycles. The Labute approximate surface area is 204 Å². The molecule has 0 N–H and O–H groups in total. The average Bonchev–Trinajstić information content (AvgIpc) is 2.86. The Balaban J connectivity index is 1.67. The van der Waals surface area contributed by atoms with Crippen molar-refractivity contribution in [2.45, 2.75) is 33.6 Å². The molecule has 7 heteroatoms. The van der Waals surface area contributed by atoms with E-state index in [1.165, 1.54) is 6.92 Å². The molecule has 3 aromatic rings. The number of hydrogen-bond acceptors (Lipinski definition) is 7. The number of carbonyl (C=O) groups excluding carboxylic acids is 3. The molecule has 0 aromatic heterocycles. The quantitative estimate of drug-likeness (QED) is 0.192. The van der Waals surface area contributed by atoms with E-state index in [-0.39, 0.29) is 18.6 Å². The summed E-state index contributed by atoms with van der Waals surface area (Å²) in [6.07, 6.45) is -0.222. The predicted octanol–water partition coefficient (Wildman–Crippen LogP) is 4.91. The summed E-state index contributed by atoms with van der Waals surface area (Å²) in [5.74, 6) is -1.36. The van der Waals surface area contributed by atoms with Gasteiger partial charge in [0.25, 0.3) is 0 Å². The second kappa shape index (κ2) is 12.2. The highest BCUT2D eigenvalue weighted by Crippen LogP contribution is 2.15. The first-order chi connectivity index (χ1) is 16.8. The van der Waals surface area contributed by atoms with Crippen molar-refractivity contribution < 1.29 is 24.1 Å². The lowest BCUT2D eigenvalue weighted by Crippen LogP contribution is -2.10. The second-order valence-electron chi connectivity index (χ2n) is 7.96. The minimum Gasteiger partial charge on any atom is -0.318 e. The van der Waals surface area contributed by atoms with E-state index in [1.807, 2.05) is 60.7 Å². The summed E-state index contributed by atoms with van der Waals surface area (Å²) in [5, 5.41) is 7.79. The number of oxime groups is 2. The number of hydrogen-bond donors (Lipinski definition) is 0. The third-order valence-corrected chi connectivity index (χ3v) is 5.11. The molecule has 0 amide bonds. The SMILES string of the molecule is CC(=O)c1cc(CC(=O)O/N=C(\C)c2ccccc2)cc(CC(=O)O/N=C(\C)c2ccccc2)c1. The molecule has 0 aliphatic carbocycles. The fourth-order valence-electron chi connectivity index (χ4n) is 3.27. The minimum absolute atomic E-state index is 0.111. The summed E-state index contributed by atoms with van der Waals surface area (Å²) in [7, 11) is 0. The summed E-state index contributed by atoms with van der Waals surface area (Å²) < 4.78 is 0. The molecule has 178 valence electrons. The number of carbonyl (C=O) groups is 3. The molecule has 0 unspecified atom stereocenters. The van der Waals surface area contributed by atoms with Gasteiger partial charge in [-0.1, -0.05) is 77.0 Å². The lowest BCUT2D eigenvalue weighted by molar-refractivity contribution is -0.143. The van der Waals surface area contributed by atoms with E-state index in [4.69, 9.17) is 9.68 Å². The standard InChI is InChI=1S/C28H26N2O5/c1-19(24-10-6-4-7-11-24)29-34-27(32)17-22-14-23(16-26(15-22)21(3)31)18-28(33)35-30-20(2)25-12-8-5-9-13-25/h4-16H,17-18H2,1-3H3/b29-19+,30-20+. The molecule has 0 atom stereocenters. The molecular formula is C28H26N2O5. The van der Waals surface area contributed by atoms with Crippen LogP contribution in [0.5, 0.6) is 0 Å². The van der Waals surface area contributed by atoms with Gasteiger partial charge in [-0.05, 0) is 55.2 Å². The lowest BCUT2D eigenvalue weighted by Gasteiger charge is -2.07. The maximum Gasteiger partial charge on any atom is 0.339 e. The summed E-state index contributed by atoms with van der Waals surface area (Å²) in [6.45, 7) is 4.90. The highest BCUT2D eigenvalue weighted by molar-refractivity contribution is 5.99. The Kier molecular flexibility index (Phi) is 8.78. The molecule has 0 saturated carbocycles. The van der Waals surface area contributed by atoms with E-state index < -0.39 is 11.9 Å². The zero-order chi connectivity index (χ0) is 25.2. The topological polar surface area (TPSA) is 94.4 Å². The molecule has 3 rings (SSSR count). The molecular weight excluding hydrogens is 444 g/mol. The summed E-state index contributed by atoms with van der Waals surface area (Å²) in [5.41, 5.74) is 4.24. The van der Waals surface area contributed by atoms with Crippen molar-refractivity contribution in [3.63, 3.8) is 0 Å². The minimum atomic E-state index is -0.586. The summed E-state index contributed by atoms with van der Waals surface area (Å²) in [6, 6.07) is 23.5. The molecule has 7 nitrogen and oxygen atoms in total. The van der Waals surface area contributed by atoms with Crippen molar-refractivity contribution in [1.82, 2.24) is 0 Å². The van der Waals surface area contributed by atoms with E-state index in [2.05, 4.69) is 10.3 Å². The Morgan fingerprint density at radius 2 is 1.00 bits per heavy atom. The van der Waals surface area contributed by atoms with E-state index in [0.717, 1.165) is 11.1 Å². The van der Waals surface area contributed by atoms with E-state index in [0.29, 0.717) is 28.1 Å². The lowest BCUT2D eigenvalue weighted by atomic mass is 10.00. The van der Waals surface area contributed by atoms with Crippen molar-refractivity contribution >= 4 is 29.1 Å². The molecule has 0 fully saturated rings. The van der Waals surface area contributed by atoms with Crippen LogP contribution in [0.3, 0.4) is 0 Å². The largest absolute Gasteiger partial charge is 0.339 e. The summed E-state index contributed by atoms with van der Waals surface area (Å²) in [4.78, 5) is 46.8. The number of Topliss-reactive ketones (excluding diaryl/α,β-unsaturated/α-hetero) is 1. The van der Waals surface area contributed by atoms with Crippen LogP contribution in [0.4, 0.5) is 0 Å². The van der Waals surface area contributed by atoms with Crippen LogP contribution >= 0.6 is 0 Å². The highest BCUT2D eigenvalue weighted by atomic mass is 16.7. The van der Waals surface area contributed by atoms with Gasteiger partial charge in [-0.15, -0.1) is 0 Å². The van der Waals surface area contributed by atoms with Crippen LogP contribution in [-0.4, -0.2) is 29.1 Å². The van der Waals surface area contributed by atoms with Crippen molar-refractivity contribution in [3.8, 4) is 0 Å². The first kappa shape index (κ1) is 25.2. The smallest absolute Gasteiger partial charge is 0.318 e. The van der Waals surface area contributed by atoms with Gasteiger partial charge in [-0.25, -0.2) is 9.59 Å². The van der Waals surface area contributed by atoms with Crippen LogP contribution in [-0.2, 0) is 32.1 Å². The van der Waals surface area contributed by atoms with E-state index in [9.17, 15) is 14.4 Å². The van der Waals surface area contributed by atoms with Gasteiger partial charge in [-0.2, -0.15) is 0 Å². The highest BCUT2D eigenvalue weighted by Gasteiger charge is 2.13. The first-order valence-corrected chi connectivity index (χ1v) is 11.1. The Bertz CT molecular complexity index is 1180. The monoisotopic (exact) mass is 470 g/mol. The van der Waals surface area contributed by atoms with E-state index >= 15 is 0 Å². The number of ketones is 1. The Hall–Kier alpha value is -4.39. The normalized spacial score (nSPS) is 11.6. The molecule has 0 saturated heterocycles. The van der Waals surface area contributed by atoms with Crippen LogP contribution in [0.15, 0.2) is 89.2 Å². The van der Waals surface area contributed by atoms with Gasteiger partial charge in [0.2, 0.25) is 0 Å². The maximum absolute atomic E-state index is 12.4. The summed E-state index contributed by atoms with van der Waals surface area (Å²) >= 11 is 0. The van der Waals surface area contributed by atoms with Gasteiger partial charge in [0.1, 0.15) is 0 Å². The third kappa shape index (κ3) is 7.85. The van der Waals surface area contributed by atoms with Gasteiger partial charge >= 0.3 is 11.9 Å². The fourth-order valence-corrected chi connectivity index (χ4v) is 3.27. The van der Waals surface area contributed by atoms with Gasteiger partial charge in [0.15, 0.2) is 5.78 Å². The molecule has 0 heterocycles. The van der Waals surface area contributed by atoms with Gasteiger partial charge < -0.3 is 9.68 Å². The van der Waals surface area contributed by atoms with Crippen LogP contribution < -0.4 is 0 Å². The molecule has 0 aliphatic rings. The van der Waals surface area contributed by atoms with Crippen molar-refractivity contribution in [3.05, 3.63) is 107 Å². The first-order valence-electron chi connectivity index (χ1n) is 11.1. The maximum atomic E-state index is 12.4. The zero-order valence-corrected chi connectivity index (χ0v) is 19.9. The molecule has 3 aromatic carbocycles. The molecule has 0 bridgehead atoms. The Morgan fingerprint density at radius 3 is 1.37 bits per heavy atom. The van der Waals surface area contributed by atoms with Gasteiger partial charge in [-0.3, -0.25) is 4.79 Å². The predicted molar refractivity (Wildman–Crippen MR) is 133 cm³/mol. The van der Waals surface area contributed by atoms with Crippen molar-refractivity contribution in [2.75, 3.05) is 0 Å². The molecule has 35 heavy (non-hydrogen) atoms. The van der Waals surface area contributed by atoms with Crippen LogP contribution in [0, 0.1) is 0 Å². The van der Waals surface area contributed by atoms with Crippen LogP contribution in [0.2, 0.25) is 0 Å². The molecule has 0 spiro atoms. The van der Waals surface area contributed by atoms with Crippen LogP contribution in [0.1, 0.15) is 53.4 Å². The fraction of sp³-hybridized carbons (Fsp3) is 0.179. The number of rotatable bonds is 9. The van der Waals surface area contributed by atoms with E-state index in [1.54, 1.807) is 32.0 Å². The third-order valence-electron chi connectivity index (χ3n) is 5.11. The average molecular weight is 471 g/mol. The number of nitrogens with zero attached hydrogens (tertiary/aromatic N) is 2. The van der Waals surface area contributed by atoms with Crippen molar-refractivity contribution in [2.24, 2.45) is 10.3 Å². The van der Waals surface area contributed by atoms with Gasteiger partial charge in [0, 0.05) is 5.56 Å². The van der Waals surface area contributed by atoms with Crippen molar-refractivity contribution in [1.29, 1.82) is 0 Å². The Morgan fingerprint density at radius 1 is 0.600 bits per heavy atom. The second-order valence-corrected chi connectivity index (χ2v) is 7.96. The van der Waals surface area contributed by atoms with Gasteiger partial charge in [0.05, 0.1) is 24.3 Å². The zero-order valence-electron chi connectivity index (χ0n) is 19.9. The number of benzene rings is 3. The molecule has 0 radical (unpaired) electrons.